The van der Waals surface area contributed by atoms with Crippen LogP contribution in [0.5, 0.6) is 5.75 Å². The van der Waals surface area contributed by atoms with E-state index in [2.05, 4.69) is 21.2 Å². The van der Waals surface area contributed by atoms with E-state index in [0.717, 1.165) is 10.2 Å². The number of nitrogens with one attached hydrogen (secondary N) is 3. The SMILES string of the molecule is O=C(CNc1nc2ccccc2s1)NNC(=O)c1ccc(COc2ccccc2)o1. The van der Waals surface area contributed by atoms with Crippen molar-refractivity contribution in [3.05, 3.63) is 78.3 Å². The topological polar surface area (TPSA) is 105 Å². The molecule has 0 atom stereocenters. The Morgan fingerprint density at radius 3 is 2.60 bits per heavy atom. The van der Waals surface area contributed by atoms with E-state index in [9.17, 15) is 9.59 Å². The summed E-state index contributed by atoms with van der Waals surface area (Å²) in [5.74, 6) is 0.290. The number of nitrogens with zero attached hydrogens (tertiary/aromatic N) is 1. The number of benzene rings is 2. The number of aromatic nitrogens is 1. The van der Waals surface area contributed by atoms with Gasteiger partial charge in [0, 0.05) is 0 Å². The number of anilines is 1. The lowest BCUT2D eigenvalue weighted by molar-refractivity contribution is -0.120. The third kappa shape index (κ3) is 4.95. The van der Waals surface area contributed by atoms with Crippen LogP contribution >= 0.6 is 11.3 Å². The van der Waals surface area contributed by atoms with Gasteiger partial charge in [0.15, 0.2) is 10.9 Å². The van der Waals surface area contributed by atoms with Crippen LogP contribution in [0, 0.1) is 0 Å². The normalized spacial score (nSPS) is 10.5. The zero-order chi connectivity index (χ0) is 20.8. The maximum Gasteiger partial charge on any atom is 0.305 e. The summed E-state index contributed by atoms with van der Waals surface area (Å²) in [6.07, 6.45) is 0. The van der Waals surface area contributed by atoms with Crippen LogP contribution in [0.4, 0.5) is 5.13 Å². The van der Waals surface area contributed by atoms with Gasteiger partial charge in [-0.1, -0.05) is 41.7 Å². The maximum absolute atomic E-state index is 12.1. The number of fused-ring (bicyclic) bond motifs is 1. The summed E-state index contributed by atoms with van der Waals surface area (Å²) < 4.78 is 12.0. The lowest BCUT2D eigenvalue weighted by atomic mass is 10.3. The molecule has 0 unspecified atom stereocenters. The second-order valence-corrected chi connectivity index (χ2v) is 7.24. The summed E-state index contributed by atoms with van der Waals surface area (Å²) in [6, 6.07) is 20.1. The predicted octanol–water partition coefficient (Wildman–Crippen LogP) is 3.34. The highest BCUT2D eigenvalue weighted by molar-refractivity contribution is 7.22. The van der Waals surface area contributed by atoms with E-state index in [4.69, 9.17) is 9.15 Å². The minimum absolute atomic E-state index is 0.0333. The molecule has 0 aliphatic heterocycles. The van der Waals surface area contributed by atoms with E-state index >= 15 is 0 Å². The fraction of sp³-hybridized carbons (Fsp3) is 0.0952. The van der Waals surface area contributed by atoms with Crippen molar-refractivity contribution < 1.29 is 18.7 Å². The van der Waals surface area contributed by atoms with Gasteiger partial charge in [0.25, 0.3) is 5.91 Å². The van der Waals surface area contributed by atoms with Crippen molar-refractivity contribution >= 4 is 38.5 Å². The van der Waals surface area contributed by atoms with E-state index in [1.165, 1.54) is 17.4 Å². The van der Waals surface area contributed by atoms with Crippen LogP contribution < -0.4 is 20.9 Å². The molecule has 0 saturated heterocycles. The Kier molecular flexibility index (Phi) is 5.90. The highest BCUT2D eigenvalue weighted by Crippen LogP contribution is 2.24. The van der Waals surface area contributed by atoms with E-state index in [0.29, 0.717) is 16.6 Å². The van der Waals surface area contributed by atoms with Crippen molar-refractivity contribution in [1.82, 2.24) is 15.8 Å². The summed E-state index contributed by atoms with van der Waals surface area (Å²) in [4.78, 5) is 28.5. The van der Waals surface area contributed by atoms with Crippen molar-refractivity contribution in [3.8, 4) is 5.75 Å². The average Bonchev–Trinajstić information content (AvgIpc) is 3.42. The highest BCUT2D eigenvalue weighted by atomic mass is 32.1. The maximum atomic E-state index is 12.1. The van der Waals surface area contributed by atoms with Crippen LogP contribution in [0.15, 0.2) is 71.1 Å². The van der Waals surface area contributed by atoms with Crippen LogP contribution in [0.25, 0.3) is 10.2 Å². The summed E-state index contributed by atoms with van der Waals surface area (Å²) in [5, 5.41) is 3.57. The molecule has 2 heterocycles. The van der Waals surface area contributed by atoms with Crippen molar-refractivity contribution in [2.75, 3.05) is 11.9 Å². The first kappa shape index (κ1) is 19.5. The number of hydrazine groups is 1. The van der Waals surface area contributed by atoms with E-state index < -0.39 is 11.8 Å². The molecule has 8 nitrogen and oxygen atoms in total. The molecule has 2 aromatic heterocycles. The molecule has 4 aromatic rings. The first-order valence-corrected chi connectivity index (χ1v) is 9.94. The third-order valence-electron chi connectivity index (χ3n) is 4.02. The largest absolute Gasteiger partial charge is 0.486 e. The number of hydrogen-bond acceptors (Lipinski definition) is 7. The third-order valence-corrected chi connectivity index (χ3v) is 5.01. The monoisotopic (exact) mass is 422 g/mol. The lowest BCUT2D eigenvalue weighted by Gasteiger charge is -2.06. The first-order chi connectivity index (χ1) is 14.7. The zero-order valence-corrected chi connectivity index (χ0v) is 16.6. The molecule has 30 heavy (non-hydrogen) atoms. The van der Waals surface area contributed by atoms with Gasteiger partial charge in [-0.2, -0.15) is 0 Å². The molecule has 2 aromatic carbocycles. The van der Waals surface area contributed by atoms with Crippen LogP contribution in [0.3, 0.4) is 0 Å². The van der Waals surface area contributed by atoms with Crippen molar-refractivity contribution in [1.29, 1.82) is 0 Å². The Morgan fingerprint density at radius 1 is 0.967 bits per heavy atom. The minimum atomic E-state index is -0.561. The van der Waals surface area contributed by atoms with Crippen LogP contribution in [0.1, 0.15) is 16.3 Å². The first-order valence-electron chi connectivity index (χ1n) is 9.12. The molecule has 0 spiro atoms. The Balaban J connectivity index is 1.22. The molecule has 0 radical (unpaired) electrons. The highest BCUT2D eigenvalue weighted by Gasteiger charge is 2.13. The summed E-state index contributed by atoms with van der Waals surface area (Å²) >= 11 is 1.45. The molecule has 0 fully saturated rings. The zero-order valence-electron chi connectivity index (χ0n) is 15.8. The van der Waals surface area contributed by atoms with E-state index in [1.54, 1.807) is 6.07 Å². The summed E-state index contributed by atoms with van der Waals surface area (Å²) in [7, 11) is 0. The Bertz CT molecular complexity index is 1120. The minimum Gasteiger partial charge on any atom is -0.486 e. The number of amides is 2. The van der Waals surface area contributed by atoms with Crippen LogP contribution in [0.2, 0.25) is 0 Å². The summed E-state index contributed by atoms with van der Waals surface area (Å²) in [6.45, 7) is 0.157. The van der Waals surface area contributed by atoms with Crippen molar-refractivity contribution in [2.24, 2.45) is 0 Å². The molecule has 0 aliphatic carbocycles. The van der Waals surface area contributed by atoms with Gasteiger partial charge in [-0.15, -0.1) is 0 Å². The molecule has 0 saturated carbocycles. The van der Waals surface area contributed by atoms with Gasteiger partial charge in [0.05, 0.1) is 16.8 Å². The van der Waals surface area contributed by atoms with Gasteiger partial charge in [0.1, 0.15) is 18.1 Å². The number of para-hydroxylation sites is 2. The van der Waals surface area contributed by atoms with Crippen LogP contribution in [-0.2, 0) is 11.4 Å². The standard InChI is InChI=1S/C21H18N4O4S/c26-19(12-22-21-23-16-8-4-5-9-18(16)30-21)24-25-20(27)17-11-10-15(29-17)13-28-14-6-2-1-3-7-14/h1-11H,12-13H2,(H,22,23)(H,24,26)(H,25,27). The number of rotatable bonds is 7. The quantitative estimate of drug-likeness (QED) is 0.395. The van der Waals surface area contributed by atoms with Crippen molar-refractivity contribution in [3.63, 3.8) is 0 Å². The number of ether oxygens (including phenoxy) is 1. The Morgan fingerprint density at radius 2 is 1.77 bits per heavy atom. The number of carbonyl (C=O) groups excluding carboxylic acids is 2. The predicted molar refractivity (Wildman–Crippen MR) is 113 cm³/mol. The molecule has 0 bridgehead atoms. The molecule has 152 valence electrons. The average molecular weight is 422 g/mol. The van der Waals surface area contributed by atoms with Gasteiger partial charge >= 0.3 is 5.91 Å². The van der Waals surface area contributed by atoms with Gasteiger partial charge in [-0.3, -0.25) is 20.4 Å². The van der Waals surface area contributed by atoms with Crippen LogP contribution in [-0.4, -0.2) is 23.3 Å². The molecule has 3 N–H and O–H groups in total. The molecule has 9 heteroatoms. The fourth-order valence-corrected chi connectivity index (χ4v) is 3.45. The summed E-state index contributed by atoms with van der Waals surface area (Å²) in [5.41, 5.74) is 5.52. The van der Waals surface area contributed by atoms with Gasteiger partial charge in [-0.05, 0) is 36.4 Å². The van der Waals surface area contributed by atoms with Gasteiger partial charge < -0.3 is 14.5 Å². The lowest BCUT2D eigenvalue weighted by Crippen LogP contribution is -2.44. The van der Waals surface area contributed by atoms with Gasteiger partial charge in [-0.25, -0.2) is 4.98 Å². The second-order valence-electron chi connectivity index (χ2n) is 6.21. The molecule has 2 amide bonds. The molecule has 0 aliphatic rings. The van der Waals surface area contributed by atoms with E-state index in [1.807, 2.05) is 54.6 Å². The number of hydrogen-bond donors (Lipinski definition) is 3. The Labute approximate surface area is 175 Å². The van der Waals surface area contributed by atoms with Crippen molar-refractivity contribution in [2.45, 2.75) is 6.61 Å². The second kappa shape index (κ2) is 9.10. The molecular formula is C21H18N4O4S. The fourth-order valence-electron chi connectivity index (χ4n) is 2.58. The molecular weight excluding hydrogens is 404 g/mol. The number of furan rings is 1. The number of thiazole rings is 1. The van der Waals surface area contributed by atoms with E-state index in [-0.39, 0.29) is 18.9 Å². The smallest absolute Gasteiger partial charge is 0.305 e. The Hall–Kier alpha value is -3.85. The van der Waals surface area contributed by atoms with Gasteiger partial charge in [0.2, 0.25) is 0 Å². The number of carbonyl (C=O) groups is 2. The molecule has 4 rings (SSSR count).